The Bertz CT molecular complexity index is 178. The molecule has 1 saturated carbocycles. The van der Waals surface area contributed by atoms with E-state index in [0.717, 1.165) is 0 Å². The number of hydrogen-bond acceptors (Lipinski definition) is 1. The second-order valence-corrected chi connectivity index (χ2v) is 3.71. The van der Waals surface area contributed by atoms with E-state index < -0.39 is 11.7 Å². The monoisotopic (exact) mass is 181 g/mol. The van der Waals surface area contributed by atoms with Gasteiger partial charge < -0.3 is 5.73 Å². The molecule has 0 aromatic rings. The van der Waals surface area contributed by atoms with Crippen molar-refractivity contribution in [2.24, 2.45) is 17.6 Å². The van der Waals surface area contributed by atoms with E-state index in [4.69, 9.17) is 5.73 Å². The molecular formula is C8H14F3N. The van der Waals surface area contributed by atoms with Crippen LogP contribution in [-0.2, 0) is 0 Å². The molecule has 0 bridgehead atoms. The summed E-state index contributed by atoms with van der Waals surface area (Å²) in [5, 5.41) is 0. The number of halogens is 3. The Labute approximate surface area is 70.1 Å². The first kappa shape index (κ1) is 9.84. The quantitative estimate of drug-likeness (QED) is 0.695. The van der Waals surface area contributed by atoms with Crippen molar-refractivity contribution < 1.29 is 13.2 Å². The van der Waals surface area contributed by atoms with Crippen molar-refractivity contribution in [3.8, 4) is 0 Å². The summed E-state index contributed by atoms with van der Waals surface area (Å²) in [5.41, 5.74) is 3.41. The van der Waals surface area contributed by atoms with Gasteiger partial charge >= 0.3 is 6.18 Å². The van der Waals surface area contributed by atoms with Crippen LogP contribution in [0.5, 0.6) is 0 Å². The van der Waals surface area contributed by atoms with Crippen molar-refractivity contribution in [2.45, 2.75) is 38.4 Å². The van der Waals surface area contributed by atoms with Crippen molar-refractivity contribution >= 4 is 0 Å². The zero-order valence-corrected chi connectivity index (χ0v) is 7.28. The van der Waals surface area contributed by atoms with Crippen LogP contribution in [0, 0.1) is 11.8 Å². The van der Waals surface area contributed by atoms with Gasteiger partial charge in [0.2, 0.25) is 0 Å². The van der Waals surface area contributed by atoms with Crippen LogP contribution in [0.1, 0.15) is 26.7 Å². The topological polar surface area (TPSA) is 26.0 Å². The van der Waals surface area contributed by atoms with E-state index in [1.807, 2.05) is 6.92 Å². The maximum atomic E-state index is 12.4. The highest BCUT2D eigenvalue weighted by molar-refractivity contribution is 5.06. The smallest absolute Gasteiger partial charge is 0.317 e. The first-order valence-electron chi connectivity index (χ1n) is 4.18. The van der Waals surface area contributed by atoms with Crippen LogP contribution in [0.4, 0.5) is 13.2 Å². The molecule has 1 aliphatic rings. The van der Waals surface area contributed by atoms with E-state index in [-0.39, 0.29) is 18.3 Å². The molecule has 0 aromatic carbocycles. The standard InChI is InChI=1S/C8H14F3N/c1-3-7(12,8(9,10)11)6-4-5(6)2/h5-6H,3-4,12H2,1-2H3. The normalized spacial score (nSPS) is 34.5. The highest BCUT2D eigenvalue weighted by Crippen LogP contribution is 2.52. The molecule has 1 fully saturated rings. The van der Waals surface area contributed by atoms with Crippen LogP contribution in [0.25, 0.3) is 0 Å². The lowest BCUT2D eigenvalue weighted by Gasteiger charge is -2.31. The van der Waals surface area contributed by atoms with Crippen LogP contribution in [0.3, 0.4) is 0 Å². The van der Waals surface area contributed by atoms with Crippen molar-refractivity contribution in [1.29, 1.82) is 0 Å². The summed E-state index contributed by atoms with van der Waals surface area (Å²) in [6.45, 7) is 3.31. The van der Waals surface area contributed by atoms with Crippen molar-refractivity contribution in [1.82, 2.24) is 0 Å². The summed E-state index contributed by atoms with van der Waals surface area (Å²) in [7, 11) is 0. The minimum absolute atomic E-state index is 0.0223. The Balaban J connectivity index is 2.76. The summed E-state index contributed by atoms with van der Waals surface area (Å²) in [6, 6.07) is 0. The molecule has 2 N–H and O–H groups in total. The van der Waals surface area contributed by atoms with Crippen LogP contribution < -0.4 is 5.73 Å². The summed E-state index contributed by atoms with van der Waals surface area (Å²) in [6.07, 6.45) is -3.66. The van der Waals surface area contributed by atoms with Crippen LogP contribution in [-0.4, -0.2) is 11.7 Å². The fourth-order valence-electron chi connectivity index (χ4n) is 1.71. The molecule has 0 amide bonds. The number of hydrogen-bond donors (Lipinski definition) is 1. The highest BCUT2D eigenvalue weighted by atomic mass is 19.4. The van der Waals surface area contributed by atoms with E-state index in [9.17, 15) is 13.2 Å². The van der Waals surface area contributed by atoms with Crippen LogP contribution in [0.15, 0.2) is 0 Å². The Kier molecular flexibility index (Phi) is 2.15. The predicted octanol–water partition coefficient (Wildman–Crippen LogP) is 2.31. The minimum Gasteiger partial charge on any atom is -0.317 e. The molecule has 3 atom stereocenters. The van der Waals surface area contributed by atoms with E-state index in [1.54, 1.807) is 0 Å². The third kappa shape index (κ3) is 1.32. The molecule has 0 spiro atoms. The van der Waals surface area contributed by atoms with E-state index >= 15 is 0 Å². The molecular weight excluding hydrogens is 167 g/mol. The molecule has 12 heavy (non-hydrogen) atoms. The molecule has 0 saturated heterocycles. The molecule has 4 heteroatoms. The third-order valence-electron chi connectivity index (χ3n) is 2.88. The second kappa shape index (κ2) is 2.62. The van der Waals surface area contributed by atoms with Gasteiger partial charge in [0.05, 0.1) is 0 Å². The van der Waals surface area contributed by atoms with Crippen LogP contribution >= 0.6 is 0 Å². The summed E-state index contributed by atoms with van der Waals surface area (Å²) < 4.78 is 37.3. The maximum absolute atomic E-state index is 12.4. The average molecular weight is 181 g/mol. The molecule has 0 radical (unpaired) electrons. The van der Waals surface area contributed by atoms with E-state index in [0.29, 0.717) is 6.42 Å². The lowest BCUT2D eigenvalue weighted by atomic mass is 9.89. The summed E-state index contributed by atoms with van der Waals surface area (Å²) >= 11 is 0. The van der Waals surface area contributed by atoms with Gasteiger partial charge in [-0.15, -0.1) is 0 Å². The highest BCUT2D eigenvalue weighted by Gasteiger charge is 2.61. The zero-order chi connectivity index (χ0) is 9.57. The van der Waals surface area contributed by atoms with Gasteiger partial charge in [-0.2, -0.15) is 13.2 Å². The number of nitrogens with two attached hydrogens (primary N) is 1. The zero-order valence-electron chi connectivity index (χ0n) is 7.28. The Hall–Kier alpha value is -0.250. The Morgan fingerprint density at radius 2 is 1.83 bits per heavy atom. The van der Waals surface area contributed by atoms with E-state index in [1.165, 1.54) is 6.92 Å². The maximum Gasteiger partial charge on any atom is 0.406 e. The van der Waals surface area contributed by atoms with Gasteiger partial charge in [0.15, 0.2) is 0 Å². The molecule has 1 rings (SSSR count). The number of rotatable bonds is 2. The lowest BCUT2D eigenvalue weighted by molar-refractivity contribution is -0.194. The minimum atomic E-state index is -4.25. The lowest BCUT2D eigenvalue weighted by Crippen LogP contribution is -2.55. The fourth-order valence-corrected chi connectivity index (χ4v) is 1.71. The van der Waals surface area contributed by atoms with Crippen LogP contribution in [0.2, 0.25) is 0 Å². The van der Waals surface area contributed by atoms with Gasteiger partial charge in [-0.25, -0.2) is 0 Å². The summed E-state index contributed by atoms with van der Waals surface area (Å²) in [4.78, 5) is 0. The van der Waals surface area contributed by atoms with E-state index in [2.05, 4.69) is 0 Å². The third-order valence-corrected chi connectivity index (χ3v) is 2.88. The van der Waals surface area contributed by atoms with Crippen molar-refractivity contribution in [2.75, 3.05) is 0 Å². The first-order valence-corrected chi connectivity index (χ1v) is 4.18. The average Bonchev–Trinajstić information content (AvgIpc) is 2.63. The molecule has 72 valence electrons. The van der Waals surface area contributed by atoms with Gasteiger partial charge in [0.25, 0.3) is 0 Å². The predicted molar refractivity (Wildman–Crippen MR) is 40.5 cm³/mol. The van der Waals surface area contributed by atoms with Gasteiger partial charge in [0.1, 0.15) is 5.54 Å². The van der Waals surface area contributed by atoms with Gasteiger partial charge in [-0.3, -0.25) is 0 Å². The molecule has 3 unspecified atom stereocenters. The van der Waals surface area contributed by atoms with Gasteiger partial charge in [-0.1, -0.05) is 13.8 Å². The second-order valence-electron chi connectivity index (χ2n) is 3.71. The molecule has 0 aliphatic heterocycles. The van der Waals surface area contributed by atoms with Gasteiger partial charge in [0, 0.05) is 0 Å². The van der Waals surface area contributed by atoms with Crippen molar-refractivity contribution in [3.63, 3.8) is 0 Å². The molecule has 1 aliphatic carbocycles. The molecule has 1 nitrogen and oxygen atoms in total. The largest absolute Gasteiger partial charge is 0.406 e. The van der Waals surface area contributed by atoms with Gasteiger partial charge in [-0.05, 0) is 24.7 Å². The Morgan fingerprint density at radius 3 is 1.92 bits per heavy atom. The number of alkyl halides is 3. The first-order chi connectivity index (χ1) is 5.33. The Morgan fingerprint density at radius 1 is 1.42 bits per heavy atom. The van der Waals surface area contributed by atoms with Crippen molar-refractivity contribution in [3.05, 3.63) is 0 Å². The summed E-state index contributed by atoms with van der Waals surface area (Å²) in [5.74, 6) is -0.223. The fraction of sp³-hybridized carbons (Fsp3) is 1.00. The molecule has 0 aromatic heterocycles. The SMILES string of the molecule is CCC(N)(C1CC1C)C(F)(F)F. The molecule has 0 heterocycles.